The average molecular weight is 473 g/mol. The summed E-state index contributed by atoms with van der Waals surface area (Å²) < 4.78 is 11.9. The van der Waals surface area contributed by atoms with E-state index in [9.17, 15) is 4.79 Å². The molecule has 0 spiro atoms. The molecular weight excluding hydrogens is 457 g/mol. The largest absolute Gasteiger partial charge is 0.478 e. The third kappa shape index (κ3) is 4.04. The summed E-state index contributed by atoms with van der Waals surface area (Å²) in [6, 6.07) is 16.4. The van der Waals surface area contributed by atoms with Crippen LogP contribution in [0.25, 0.3) is 6.08 Å². The highest BCUT2D eigenvalue weighted by Gasteiger charge is 2.33. The van der Waals surface area contributed by atoms with E-state index in [1.54, 1.807) is 30.3 Å². The molecule has 0 amide bonds. The second kappa shape index (κ2) is 8.21. The molecule has 3 aromatic carbocycles. The van der Waals surface area contributed by atoms with Gasteiger partial charge in [-0.1, -0.05) is 53.0 Å². The van der Waals surface area contributed by atoms with Crippen molar-refractivity contribution in [3.05, 3.63) is 97.7 Å². The van der Waals surface area contributed by atoms with Gasteiger partial charge in [-0.25, -0.2) is 0 Å². The first-order chi connectivity index (χ1) is 15.0. The van der Waals surface area contributed by atoms with Crippen LogP contribution in [0, 0.1) is 0 Å². The van der Waals surface area contributed by atoms with Crippen molar-refractivity contribution in [2.75, 3.05) is 6.73 Å². The molecular formula is C24H16Cl3NO3. The van der Waals surface area contributed by atoms with Gasteiger partial charge in [-0.3, -0.25) is 9.69 Å². The number of Topliss-reactive ketones (excluding diaryl/α,β-unsaturated/α-hetero) is 1. The normalized spacial score (nSPS) is 16.6. The molecule has 0 atom stereocenters. The molecule has 3 aromatic rings. The number of carbonyl (C=O) groups is 1. The van der Waals surface area contributed by atoms with E-state index in [0.29, 0.717) is 46.2 Å². The first-order valence-electron chi connectivity index (χ1n) is 9.63. The third-order valence-corrected chi connectivity index (χ3v) is 6.19. The highest BCUT2D eigenvalue weighted by Crippen LogP contribution is 2.42. The third-order valence-electron chi connectivity index (χ3n) is 5.22. The number of carbonyl (C=O) groups excluding carboxylic acids is 1. The van der Waals surface area contributed by atoms with Crippen molar-refractivity contribution in [2.24, 2.45) is 0 Å². The van der Waals surface area contributed by atoms with Gasteiger partial charge in [0, 0.05) is 18.1 Å². The van der Waals surface area contributed by atoms with Gasteiger partial charge in [0.05, 0.1) is 21.2 Å². The van der Waals surface area contributed by atoms with Gasteiger partial charge in [-0.05, 0) is 53.6 Å². The quantitative estimate of drug-likeness (QED) is 0.402. The molecule has 4 nitrogen and oxygen atoms in total. The maximum Gasteiger partial charge on any atom is 0.231 e. The summed E-state index contributed by atoms with van der Waals surface area (Å²) in [4.78, 5) is 15.0. The molecule has 2 heterocycles. The molecule has 0 aliphatic carbocycles. The van der Waals surface area contributed by atoms with E-state index in [0.717, 1.165) is 22.4 Å². The Labute approximate surface area is 194 Å². The minimum atomic E-state index is -0.153. The van der Waals surface area contributed by atoms with E-state index in [1.807, 2.05) is 30.3 Å². The number of nitrogens with zero attached hydrogens (tertiary/aromatic N) is 1. The number of hydrogen-bond donors (Lipinski definition) is 0. The Morgan fingerprint density at radius 2 is 1.87 bits per heavy atom. The Balaban J connectivity index is 1.42. The molecule has 0 N–H and O–H groups in total. The van der Waals surface area contributed by atoms with E-state index in [-0.39, 0.29) is 11.5 Å². The summed E-state index contributed by atoms with van der Waals surface area (Å²) in [6.45, 7) is 1.63. The van der Waals surface area contributed by atoms with Crippen molar-refractivity contribution in [3.8, 4) is 11.5 Å². The topological polar surface area (TPSA) is 38.8 Å². The van der Waals surface area contributed by atoms with Crippen LogP contribution in [-0.2, 0) is 13.1 Å². The molecule has 31 heavy (non-hydrogen) atoms. The Hall–Kier alpha value is -2.50. The van der Waals surface area contributed by atoms with Gasteiger partial charge in [0.1, 0.15) is 18.2 Å². The molecule has 0 radical (unpaired) electrons. The van der Waals surface area contributed by atoms with Gasteiger partial charge in [0.25, 0.3) is 0 Å². The van der Waals surface area contributed by atoms with E-state index in [2.05, 4.69) is 4.90 Å². The van der Waals surface area contributed by atoms with Gasteiger partial charge in [-0.15, -0.1) is 0 Å². The van der Waals surface area contributed by atoms with Crippen LogP contribution < -0.4 is 9.47 Å². The summed E-state index contributed by atoms with van der Waals surface area (Å²) in [7, 11) is 0. The number of ketones is 1. The number of rotatable bonds is 3. The van der Waals surface area contributed by atoms with Crippen LogP contribution in [0.2, 0.25) is 15.1 Å². The lowest BCUT2D eigenvalue weighted by Gasteiger charge is -2.29. The fourth-order valence-electron chi connectivity index (χ4n) is 3.75. The van der Waals surface area contributed by atoms with Crippen molar-refractivity contribution >= 4 is 46.7 Å². The van der Waals surface area contributed by atoms with Crippen LogP contribution in [0.4, 0.5) is 0 Å². The zero-order chi connectivity index (χ0) is 21.5. The van der Waals surface area contributed by atoms with Crippen LogP contribution in [0.1, 0.15) is 27.0 Å². The van der Waals surface area contributed by atoms with E-state index in [1.165, 1.54) is 0 Å². The minimum Gasteiger partial charge on any atom is -0.478 e. The lowest BCUT2D eigenvalue weighted by molar-refractivity contribution is 0.0873. The monoisotopic (exact) mass is 471 g/mol. The van der Waals surface area contributed by atoms with Gasteiger partial charge < -0.3 is 9.47 Å². The minimum absolute atomic E-state index is 0.153. The van der Waals surface area contributed by atoms with E-state index < -0.39 is 0 Å². The number of hydrogen-bond acceptors (Lipinski definition) is 4. The van der Waals surface area contributed by atoms with E-state index >= 15 is 0 Å². The predicted octanol–water partition coefficient (Wildman–Crippen LogP) is 6.62. The van der Waals surface area contributed by atoms with Gasteiger partial charge in [0.2, 0.25) is 5.78 Å². The SMILES string of the molecule is O=C1/C(=C/c2cccc(Cl)c2)Oc2c1ccc1c2CN(Cc2ccc(Cl)c(Cl)c2)CO1. The number of benzene rings is 3. The molecule has 0 bridgehead atoms. The van der Waals surface area contributed by atoms with Crippen molar-refractivity contribution in [1.29, 1.82) is 0 Å². The number of allylic oxidation sites excluding steroid dienone is 1. The molecule has 0 saturated heterocycles. The molecule has 0 saturated carbocycles. The van der Waals surface area contributed by atoms with Crippen molar-refractivity contribution < 1.29 is 14.3 Å². The molecule has 7 heteroatoms. The highest BCUT2D eigenvalue weighted by atomic mass is 35.5. The highest BCUT2D eigenvalue weighted by molar-refractivity contribution is 6.42. The Morgan fingerprint density at radius 3 is 2.68 bits per heavy atom. The number of ether oxygens (including phenoxy) is 2. The molecule has 2 aliphatic heterocycles. The van der Waals surface area contributed by atoms with Crippen LogP contribution in [0.15, 0.2) is 60.4 Å². The van der Waals surface area contributed by atoms with Crippen molar-refractivity contribution in [3.63, 3.8) is 0 Å². The summed E-state index contributed by atoms with van der Waals surface area (Å²) in [5, 5.41) is 1.64. The second-order valence-electron chi connectivity index (χ2n) is 7.42. The summed E-state index contributed by atoms with van der Waals surface area (Å²) in [5.74, 6) is 1.39. The Morgan fingerprint density at radius 1 is 1.00 bits per heavy atom. The fraction of sp³-hybridized carbons (Fsp3) is 0.125. The summed E-state index contributed by atoms with van der Waals surface area (Å²) in [6.07, 6.45) is 1.71. The summed E-state index contributed by atoms with van der Waals surface area (Å²) >= 11 is 18.2. The predicted molar refractivity (Wildman–Crippen MR) is 122 cm³/mol. The molecule has 0 fully saturated rings. The lowest BCUT2D eigenvalue weighted by Crippen LogP contribution is -2.31. The first-order valence-corrected chi connectivity index (χ1v) is 10.8. The number of halogens is 3. The van der Waals surface area contributed by atoms with Gasteiger partial charge in [0.15, 0.2) is 5.76 Å². The molecule has 156 valence electrons. The van der Waals surface area contributed by atoms with Crippen LogP contribution in [-0.4, -0.2) is 17.4 Å². The molecule has 5 rings (SSSR count). The molecule has 2 aliphatic rings. The maximum absolute atomic E-state index is 12.9. The number of fused-ring (bicyclic) bond motifs is 3. The van der Waals surface area contributed by atoms with Crippen molar-refractivity contribution in [2.45, 2.75) is 13.1 Å². The Bertz CT molecular complexity index is 1240. The van der Waals surface area contributed by atoms with Crippen LogP contribution in [0.3, 0.4) is 0 Å². The van der Waals surface area contributed by atoms with E-state index in [4.69, 9.17) is 44.3 Å². The zero-order valence-corrected chi connectivity index (χ0v) is 18.5. The molecule has 0 aromatic heterocycles. The lowest BCUT2D eigenvalue weighted by atomic mass is 10.0. The van der Waals surface area contributed by atoms with Gasteiger partial charge in [-0.2, -0.15) is 0 Å². The van der Waals surface area contributed by atoms with Crippen LogP contribution >= 0.6 is 34.8 Å². The summed E-state index contributed by atoms with van der Waals surface area (Å²) in [5.41, 5.74) is 3.21. The molecule has 0 unspecified atom stereocenters. The van der Waals surface area contributed by atoms with Gasteiger partial charge >= 0.3 is 0 Å². The zero-order valence-electron chi connectivity index (χ0n) is 16.2. The second-order valence-corrected chi connectivity index (χ2v) is 8.67. The average Bonchev–Trinajstić information content (AvgIpc) is 3.07. The smallest absolute Gasteiger partial charge is 0.231 e. The maximum atomic E-state index is 12.9. The standard InChI is InChI=1S/C24H16Cl3NO3/c25-16-3-1-2-14(8-16)10-22-23(29)17-5-7-21-18(24(17)31-22)12-28(13-30-21)11-15-4-6-19(26)20(27)9-15/h1-10H,11-13H2/b22-10-. The van der Waals surface area contributed by atoms with Crippen LogP contribution in [0.5, 0.6) is 11.5 Å². The van der Waals surface area contributed by atoms with Crippen molar-refractivity contribution in [1.82, 2.24) is 4.90 Å². The fourth-order valence-corrected chi connectivity index (χ4v) is 4.27. The Kier molecular flexibility index (Phi) is 5.40. The first kappa shape index (κ1) is 20.4.